The van der Waals surface area contributed by atoms with Gasteiger partial charge >= 0.3 is 11.7 Å². The van der Waals surface area contributed by atoms with Gasteiger partial charge in [-0.3, -0.25) is 5.32 Å². The highest BCUT2D eigenvalue weighted by molar-refractivity contribution is 5.82. The maximum atomic E-state index is 12.7. The number of phenolic OH excluding ortho intramolecular Hbond substituents is 1. The highest BCUT2D eigenvalue weighted by Crippen LogP contribution is 2.19. The zero-order chi connectivity index (χ0) is 16.5. The number of benzene rings is 2. The van der Waals surface area contributed by atoms with Gasteiger partial charge in [0, 0.05) is 12.0 Å². The van der Waals surface area contributed by atoms with Crippen LogP contribution >= 0.6 is 0 Å². The maximum Gasteiger partial charge on any atom is 0.359 e. The minimum absolute atomic E-state index is 0.00217. The first-order chi connectivity index (χ1) is 11.7. The number of aromatic nitrogens is 2. The van der Waals surface area contributed by atoms with Crippen LogP contribution < -0.4 is 9.88 Å². The molecule has 0 saturated heterocycles. The molecule has 2 aromatic carbocycles. The standard InChI is InChI=1S/C19H15N3O2/c23-15-8-6-13(7-9-15)10-16-19(24)22-12-17(20-11-18(22)21-16)14-4-2-1-3-5-14/h1-9,11-12,16,23H,10H2/p+1. The third-order valence-corrected chi connectivity index (χ3v) is 4.14. The topological polar surface area (TPSA) is 66.1 Å². The first kappa shape index (κ1) is 14.4. The predicted octanol–water partition coefficient (Wildman–Crippen LogP) is 2.42. The second kappa shape index (κ2) is 5.77. The lowest BCUT2D eigenvalue weighted by Gasteiger charge is -2.03. The molecule has 0 saturated carbocycles. The molecule has 1 unspecified atom stereocenters. The molecule has 5 nitrogen and oxygen atoms in total. The fourth-order valence-electron chi connectivity index (χ4n) is 2.88. The van der Waals surface area contributed by atoms with Gasteiger partial charge in [0.2, 0.25) is 0 Å². The molecule has 4 rings (SSSR count). The van der Waals surface area contributed by atoms with Crippen LogP contribution in [0.3, 0.4) is 0 Å². The van der Waals surface area contributed by atoms with Crippen molar-refractivity contribution in [2.45, 2.75) is 12.5 Å². The fourth-order valence-corrected chi connectivity index (χ4v) is 2.88. The lowest BCUT2D eigenvalue weighted by Crippen LogP contribution is -2.43. The van der Waals surface area contributed by atoms with E-state index < -0.39 is 0 Å². The van der Waals surface area contributed by atoms with Crippen LogP contribution in [0.5, 0.6) is 5.75 Å². The van der Waals surface area contributed by atoms with Crippen molar-refractivity contribution < 1.29 is 14.5 Å². The van der Waals surface area contributed by atoms with Crippen molar-refractivity contribution in [2.75, 3.05) is 5.32 Å². The van der Waals surface area contributed by atoms with Crippen LogP contribution in [-0.4, -0.2) is 22.0 Å². The maximum absolute atomic E-state index is 12.7. The monoisotopic (exact) mass is 318 g/mol. The van der Waals surface area contributed by atoms with Crippen molar-refractivity contribution in [1.82, 2.24) is 4.98 Å². The minimum atomic E-state index is -0.331. The van der Waals surface area contributed by atoms with E-state index in [0.29, 0.717) is 12.2 Å². The molecular weight excluding hydrogens is 302 g/mol. The molecule has 5 heteroatoms. The summed E-state index contributed by atoms with van der Waals surface area (Å²) in [4.78, 5) is 17.1. The lowest BCUT2D eigenvalue weighted by atomic mass is 10.1. The van der Waals surface area contributed by atoms with Crippen LogP contribution in [0.25, 0.3) is 11.3 Å². The van der Waals surface area contributed by atoms with E-state index in [1.54, 1.807) is 29.1 Å². The molecule has 24 heavy (non-hydrogen) atoms. The first-order valence-corrected chi connectivity index (χ1v) is 7.76. The van der Waals surface area contributed by atoms with Crippen molar-refractivity contribution >= 4 is 11.7 Å². The second-order valence-electron chi connectivity index (χ2n) is 5.80. The smallest absolute Gasteiger partial charge is 0.359 e. The summed E-state index contributed by atoms with van der Waals surface area (Å²) in [5, 5.41) is 12.6. The van der Waals surface area contributed by atoms with Gasteiger partial charge in [0.1, 0.15) is 23.8 Å². The van der Waals surface area contributed by atoms with Crippen LogP contribution in [0.15, 0.2) is 67.0 Å². The van der Waals surface area contributed by atoms with Crippen molar-refractivity contribution in [3.8, 4) is 17.0 Å². The third-order valence-electron chi connectivity index (χ3n) is 4.14. The van der Waals surface area contributed by atoms with Gasteiger partial charge < -0.3 is 5.11 Å². The molecule has 1 aromatic heterocycles. The lowest BCUT2D eigenvalue weighted by molar-refractivity contribution is -0.552. The van der Waals surface area contributed by atoms with Gasteiger partial charge in [-0.05, 0) is 17.7 Å². The molecule has 118 valence electrons. The Balaban J connectivity index is 1.59. The van der Waals surface area contributed by atoms with Gasteiger partial charge in [-0.1, -0.05) is 42.5 Å². The average Bonchev–Trinajstić information content (AvgIpc) is 2.93. The summed E-state index contributed by atoms with van der Waals surface area (Å²) in [5.41, 5.74) is 2.73. The van der Waals surface area contributed by atoms with Gasteiger partial charge in [-0.15, -0.1) is 0 Å². The summed E-state index contributed by atoms with van der Waals surface area (Å²) >= 11 is 0. The molecular formula is C19H16N3O2+. The summed E-state index contributed by atoms with van der Waals surface area (Å²) in [6.45, 7) is 0. The Bertz CT molecular complexity index is 892. The fraction of sp³-hybridized carbons (Fsp3) is 0.105. The molecule has 0 radical (unpaired) electrons. The summed E-state index contributed by atoms with van der Waals surface area (Å²) in [5.74, 6) is 0.917. The van der Waals surface area contributed by atoms with Gasteiger partial charge in [-0.25, -0.2) is 9.78 Å². The largest absolute Gasteiger partial charge is 0.508 e. The minimum Gasteiger partial charge on any atom is -0.508 e. The molecule has 1 aliphatic rings. The molecule has 3 aromatic rings. The Labute approximate surface area is 139 Å². The Morgan fingerprint density at radius 2 is 1.83 bits per heavy atom. The average molecular weight is 318 g/mol. The number of nitrogens with one attached hydrogen (secondary N) is 1. The zero-order valence-corrected chi connectivity index (χ0v) is 12.9. The highest BCUT2D eigenvalue weighted by Gasteiger charge is 2.38. The summed E-state index contributed by atoms with van der Waals surface area (Å²) in [6.07, 6.45) is 4.02. The quantitative estimate of drug-likeness (QED) is 0.728. The van der Waals surface area contributed by atoms with E-state index >= 15 is 0 Å². The number of fused-ring (bicyclic) bond motifs is 1. The number of nitrogens with zero attached hydrogens (tertiary/aromatic N) is 2. The Hall–Kier alpha value is -3.21. The van der Waals surface area contributed by atoms with Gasteiger partial charge in [0.15, 0.2) is 6.04 Å². The number of anilines is 1. The number of hydrogen-bond donors (Lipinski definition) is 2. The van der Waals surface area contributed by atoms with Crippen LogP contribution in [0.4, 0.5) is 5.82 Å². The third kappa shape index (κ3) is 2.60. The van der Waals surface area contributed by atoms with Gasteiger partial charge in [0.05, 0.1) is 0 Å². The molecule has 0 bridgehead atoms. The SMILES string of the molecule is O=C1C(Cc2ccc(O)cc2)Nc2cnc(-c3ccccc3)c[n+]21. The van der Waals surface area contributed by atoms with Crippen molar-refractivity contribution in [2.24, 2.45) is 0 Å². The van der Waals surface area contributed by atoms with Crippen molar-refractivity contribution in [3.63, 3.8) is 0 Å². The molecule has 1 atom stereocenters. The molecule has 2 heterocycles. The molecule has 2 N–H and O–H groups in total. The number of aromatic hydroxyl groups is 1. The van der Waals surface area contributed by atoms with Gasteiger partial charge in [0.25, 0.3) is 0 Å². The van der Waals surface area contributed by atoms with E-state index in [-0.39, 0.29) is 17.7 Å². The summed E-state index contributed by atoms with van der Waals surface area (Å²) < 4.78 is 1.63. The highest BCUT2D eigenvalue weighted by atomic mass is 16.3. The van der Waals surface area contributed by atoms with E-state index in [4.69, 9.17) is 0 Å². The van der Waals surface area contributed by atoms with Crippen molar-refractivity contribution in [1.29, 1.82) is 0 Å². The molecule has 1 aliphatic heterocycles. The predicted molar refractivity (Wildman–Crippen MR) is 89.7 cm³/mol. The Morgan fingerprint density at radius 3 is 2.58 bits per heavy atom. The number of carbonyl (C=O) groups is 1. The zero-order valence-electron chi connectivity index (χ0n) is 12.9. The van der Waals surface area contributed by atoms with Gasteiger partial charge in [-0.2, -0.15) is 4.57 Å². The van der Waals surface area contributed by atoms with Crippen LogP contribution in [0.2, 0.25) is 0 Å². The van der Waals surface area contributed by atoms with E-state index in [2.05, 4.69) is 10.3 Å². The van der Waals surface area contributed by atoms with Crippen LogP contribution in [-0.2, 0) is 6.42 Å². The van der Waals surface area contributed by atoms with Crippen LogP contribution in [0, 0.1) is 0 Å². The summed E-state index contributed by atoms with van der Waals surface area (Å²) in [6, 6.07) is 16.4. The second-order valence-corrected chi connectivity index (χ2v) is 5.80. The van der Waals surface area contributed by atoms with Crippen LogP contribution in [0.1, 0.15) is 10.4 Å². The first-order valence-electron chi connectivity index (χ1n) is 7.76. The normalized spacial score (nSPS) is 15.8. The molecule has 0 aliphatic carbocycles. The Kier molecular flexibility index (Phi) is 3.46. The molecule has 0 spiro atoms. The summed E-state index contributed by atoms with van der Waals surface area (Å²) in [7, 11) is 0. The number of hydrogen-bond acceptors (Lipinski definition) is 4. The van der Waals surface area contributed by atoms with E-state index in [1.165, 1.54) is 0 Å². The van der Waals surface area contributed by atoms with E-state index in [9.17, 15) is 9.90 Å². The number of phenols is 1. The van der Waals surface area contributed by atoms with E-state index in [1.807, 2.05) is 42.5 Å². The Morgan fingerprint density at radius 1 is 1.08 bits per heavy atom. The number of rotatable bonds is 3. The number of carbonyl (C=O) groups excluding carboxylic acids is 1. The molecule has 0 fully saturated rings. The molecule has 0 amide bonds. The van der Waals surface area contributed by atoms with Crippen molar-refractivity contribution in [3.05, 3.63) is 72.6 Å². The van der Waals surface area contributed by atoms with E-state index in [0.717, 1.165) is 16.8 Å².